The van der Waals surface area contributed by atoms with E-state index in [1.165, 1.54) is 7.11 Å². The summed E-state index contributed by atoms with van der Waals surface area (Å²) in [6.07, 6.45) is 0.222. The third kappa shape index (κ3) is 3.47. The Balaban J connectivity index is 3.00. The van der Waals surface area contributed by atoms with Crippen LogP contribution in [0.25, 0.3) is 0 Å². The van der Waals surface area contributed by atoms with Crippen molar-refractivity contribution in [3.05, 3.63) is 32.8 Å². The Bertz CT molecular complexity index is 380. The largest absolute Gasteiger partial charge is 0.469 e. The van der Waals surface area contributed by atoms with Crippen LogP contribution in [-0.2, 0) is 21.3 Å². The Hall–Kier alpha value is -0.0600. The lowest BCUT2D eigenvalue weighted by Crippen LogP contribution is -2.05. The van der Waals surface area contributed by atoms with Crippen molar-refractivity contribution in [2.75, 3.05) is 7.11 Å². The highest BCUT2D eigenvalue weighted by Crippen LogP contribution is 2.27. The Morgan fingerprint density at radius 1 is 1.47 bits per heavy atom. The molecule has 0 N–H and O–H groups in total. The van der Waals surface area contributed by atoms with Gasteiger partial charge in [-0.05, 0) is 23.3 Å². The number of esters is 1. The minimum atomic E-state index is -0.279. The maximum absolute atomic E-state index is 11.1. The van der Waals surface area contributed by atoms with Crippen molar-refractivity contribution in [2.45, 2.75) is 11.8 Å². The maximum Gasteiger partial charge on any atom is 0.310 e. The number of hydrogen-bond donors (Lipinski definition) is 0. The van der Waals surface area contributed by atoms with Crippen LogP contribution in [0, 0.1) is 0 Å². The molecule has 0 heterocycles. The summed E-state index contributed by atoms with van der Waals surface area (Å²) >= 11 is 12.8. The summed E-state index contributed by atoms with van der Waals surface area (Å²) < 4.78 is 5.46. The molecule has 0 aromatic heterocycles. The zero-order valence-corrected chi connectivity index (χ0v) is 11.9. The van der Waals surface area contributed by atoms with Crippen LogP contribution in [0.15, 0.2) is 16.6 Å². The summed E-state index contributed by atoms with van der Waals surface area (Å²) in [6, 6.07) is 3.68. The van der Waals surface area contributed by atoms with Crippen LogP contribution in [-0.4, -0.2) is 13.1 Å². The number of halogens is 3. The van der Waals surface area contributed by atoms with Gasteiger partial charge in [-0.15, -0.1) is 0 Å². The van der Waals surface area contributed by atoms with Crippen LogP contribution in [0.5, 0.6) is 0 Å². The molecular weight excluding hydrogens is 347 g/mol. The zero-order chi connectivity index (χ0) is 11.4. The van der Waals surface area contributed by atoms with Gasteiger partial charge in [-0.3, -0.25) is 4.79 Å². The molecule has 0 bridgehead atoms. The molecule has 0 fully saturated rings. The zero-order valence-electron chi connectivity index (χ0n) is 8.02. The molecule has 0 aliphatic carbocycles. The van der Waals surface area contributed by atoms with Gasteiger partial charge in [-0.25, -0.2) is 0 Å². The van der Waals surface area contributed by atoms with Gasteiger partial charge in [0.2, 0.25) is 0 Å². The Morgan fingerprint density at radius 3 is 2.67 bits per heavy atom. The molecule has 0 unspecified atom stereocenters. The third-order valence-corrected chi connectivity index (χ3v) is 3.62. The molecule has 0 aliphatic rings. The van der Waals surface area contributed by atoms with Crippen molar-refractivity contribution < 1.29 is 9.53 Å². The topological polar surface area (TPSA) is 26.3 Å². The number of hydrogen-bond acceptors (Lipinski definition) is 2. The molecule has 5 heteroatoms. The molecule has 0 aliphatic heterocycles. The molecule has 1 aromatic carbocycles. The Morgan fingerprint density at radius 2 is 2.13 bits per heavy atom. The van der Waals surface area contributed by atoms with Crippen LogP contribution in [0.4, 0.5) is 0 Å². The first-order chi connectivity index (χ1) is 7.08. The molecule has 0 radical (unpaired) electrons. The molecule has 0 amide bonds. The van der Waals surface area contributed by atoms with Crippen molar-refractivity contribution in [3.8, 4) is 0 Å². The minimum Gasteiger partial charge on any atom is -0.469 e. The normalized spacial score (nSPS) is 10.1. The smallest absolute Gasteiger partial charge is 0.310 e. The van der Waals surface area contributed by atoms with Gasteiger partial charge >= 0.3 is 5.97 Å². The fraction of sp³-hybridized carbons (Fsp3) is 0.300. The molecule has 0 saturated heterocycles. The molecular formula is C10H9Br2ClO2. The van der Waals surface area contributed by atoms with Crippen LogP contribution in [0.2, 0.25) is 5.02 Å². The first kappa shape index (κ1) is 13.0. The van der Waals surface area contributed by atoms with E-state index in [2.05, 4.69) is 36.6 Å². The quantitative estimate of drug-likeness (QED) is 0.610. The number of ether oxygens (including phenoxy) is 1. The maximum atomic E-state index is 11.1. The van der Waals surface area contributed by atoms with E-state index in [1.807, 2.05) is 6.07 Å². The first-order valence-corrected chi connectivity index (χ1v) is 6.47. The highest BCUT2D eigenvalue weighted by Gasteiger charge is 2.10. The summed E-state index contributed by atoms with van der Waals surface area (Å²) in [6.45, 7) is 0. The molecule has 0 atom stereocenters. The minimum absolute atomic E-state index is 0.222. The number of methoxy groups -OCH3 is 1. The highest BCUT2D eigenvalue weighted by atomic mass is 79.9. The Kier molecular flexibility index (Phi) is 5.09. The van der Waals surface area contributed by atoms with Crippen molar-refractivity contribution in [3.63, 3.8) is 0 Å². The lowest BCUT2D eigenvalue weighted by molar-refractivity contribution is -0.139. The molecule has 0 spiro atoms. The SMILES string of the molecule is COC(=O)Cc1cc(Cl)c(CBr)cc1Br. The first-order valence-electron chi connectivity index (χ1n) is 4.18. The predicted molar refractivity (Wildman–Crippen MR) is 67.5 cm³/mol. The lowest BCUT2D eigenvalue weighted by atomic mass is 10.1. The highest BCUT2D eigenvalue weighted by molar-refractivity contribution is 9.10. The van der Waals surface area contributed by atoms with Crippen LogP contribution < -0.4 is 0 Å². The summed E-state index contributed by atoms with van der Waals surface area (Å²) in [5, 5.41) is 1.33. The fourth-order valence-corrected chi connectivity index (χ4v) is 2.50. The lowest BCUT2D eigenvalue weighted by Gasteiger charge is -2.07. The van der Waals surface area contributed by atoms with Gasteiger partial charge < -0.3 is 4.74 Å². The van der Waals surface area contributed by atoms with Crippen molar-refractivity contribution in [2.24, 2.45) is 0 Å². The van der Waals surface area contributed by atoms with Gasteiger partial charge in [-0.1, -0.05) is 43.5 Å². The second-order valence-electron chi connectivity index (χ2n) is 2.92. The molecule has 0 saturated carbocycles. The monoisotopic (exact) mass is 354 g/mol. The van der Waals surface area contributed by atoms with Gasteiger partial charge in [0.15, 0.2) is 0 Å². The van der Waals surface area contributed by atoms with E-state index in [4.69, 9.17) is 11.6 Å². The number of rotatable bonds is 3. The van der Waals surface area contributed by atoms with E-state index in [1.54, 1.807) is 6.07 Å². The molecule has 82 valence electrons. The summed E-state index contributed by atoms with van der Waals surface area (Å²) in [5.41, 5.74) is 1.81. The van der Waals surface area contributed by atoms with E-state index >= 15 is 0 Å². The second-order valence-corrected chi connectivity index (χ2v) is 4.74. The van der Waals surface area contributed by atoms with E-state index in [0.717, 1.165) is 15.6 Å². The average Bonchev–Trinajstić information content (AvgIpc) is 2.22. The molecule has 2 nitrogen and oxygen atoms in total. The summed E-state index contributed by atoms with van der Waals surface area (Å²) in [5.74, 6) is -0.279. The van der Waals surface area contributed by atoms with Gasteiger partial charge in [0.05, 0.1) is 13.5 Å². The van der Waals surface area contributed by atoms with Crippen LogP contribution in [0.3, 0.4) is 0 Å². The predicted octanol–water partition coefficient (Wildman–Crippen LogP) is 3.71. The second kappa shape index (κ2) is 5.87. The van der Waals surface area contributed by atoms with Gasteiger partial charge in [0.1, 0.15) is 0 Å². The van der Waals surface area contributed by atoms with E-state index in [9.17, 15) is 4.79 Å². The third-order valence-electron chi connectivity index (χ3n) is 1.92. The standard InChI is InChI=1S/C10H9Br2ClO2/c1-15-10(14)4-6-3-9(13)7(5-11)2-8(6)12/h2-3H,4-5H2,1H3. The summed E-state index contributed by atoms with van der Waals surface area (Å²) in [7, 11) is 1.37. The van der Waals surface area contributed by atoms with Crippen molar-refractivity contribution >= 4 is 49.4 Å². The average molecular weight is 356 g/mol. The summed E-state index contributed by atoms with van der Waals surface area (Å²) in [4.78, 5) is 11.1. The molecule has 15 heavy (non-hydrogen) atoms. The van der Waals surface area contributed by atoms with Crippen molar-refractivity contribution in [1.82, 2.24) is 0 Å². The van der Waals surface area contributed by atoms with Gasteiger partial charge in [-0.2, -0.15) is 0 Å². The van der Waals surface area contributed by atoms with E-state index in [0.29, 0.717) is 10.4 Å². The number of carbonyl (C=O) groups excluding carboxylic acids is 1. The van der Waals surface area contributed by atoms with E-state index < -0.39 is 0 Å². The Labute approximate surface area is 110 Å². The number of benzene rings is 1. The van der Waals surface area contributed by atoms with Gasteiger partial charge in [0, 0.05) is 14.8 Å². The van der Waals surface area contributed by atoms with Gasteiger partial charge in [0.25, 0.3) is 0 Å². The number of alkyl halides is 1. The molecule has 1 aromatic rings. The number of carbonyl (C=O) groups is 1. The van der Waals surface area contributed by atoms with E-state index in [-0.39, 0.29) is 12.4 Å². The fourth-order valence-electron chi connectivity index (χ4n) is 1.09. The molecule has 1 rings (SSSR count). The van der Waals surface area contributed by atoms with Crippen LogP contribution in [0.1, 0.15) is 11.1 Å². The van der Waals surface area contributed by atoms with Crippen molar-refractivity contribution in [1.29, 1.82) is 0 Å². The van der Waals surface area contributed by atoms with Crippen LogP contribution >= 0.6 is 43.5 Å².